The second kappa shape index (κ2) is 11.7. The minimum absolute atomic E-state index is 0.386. The Bertz CT molecular complexity index is 184. The van der Waals surface area contributed by atoms with Crippen LogP contribution in [0.15, 0.2) is 0 Å². The third-order valence-electron chi connectivity index (χ3n) is 3.32. The Hall–Kier alpha value is -0.410. The van der Waals surface area contributed by atoms with Crippen LogP contribution in [0.3, 0.4) is 0 Å². The molecule has 0 aliphatic heterocycles. The second-order valence-electron chi connectivity index (χ2n) is 5.13. The number of unbranched alkanes of at least 4 members (excludes halogenated alkanes) is 6. The lowest BCUT2D eigenvalue weighted by Gasteiger charge is -2.14. The second-order valence-corrected chi connectivity index (χ2v) is 5.13. The molecule has 0 aromatic rings. The normalized spacial score (nSPS) is 14.4. The van der Waals surface area contributed by atoms with Gasteiger partial charge in [0.2, 0.25) is 0 Å². The number of rotatable bonds is 12. The molecule has 0 aromatic heterocycles. The third kappa shape index (κ3) is 8.65. The monoisotopic (exact) mass is 258 g/mol. The highest BCUT2D eigenvalue weighted by molar-refractivity contribution is 5.86. The first-order valence-corrected chi connectivity index (χ1v) is 7.53. The van der Waals surface area contributed by atoms with Crippen LogP contribution in [-0.4, -0.2) is 28.2 Å². The summed E-state index contributed by atoms with van der Waals surface area (Å²) in [6.45, 7) is 4.25. The van der Waals surface area contributed by atoms with Crippen molar-refractivity contribution in [2.24, 2.45) is 0 Å². The molecule has 2 N–H and O–H groups in total. The molecule has 3 nitrogen and oxygen atoms in total. The molecule has 0 amide bonds. The van der Waals surface area contributed by atoms with Crippen LogP contribution in [0, 0.1) is 0 Å². The fourth-order valence-electron chi connectivity index (χ4n) is 2.04. The fraction of sp³-hybridized carbons (Fsp3) is 0.933. The van der Waals surface area contributed by atoms with Crippen molar-refractivity contribution in [1.29, 1.82) is 0 Å². The number of aliphatic hydroxyl groups excluding tert-OH is 2. The number of ketones is 1. The summed E-state index contributed by atoms with van der Waals surface area (Å²) in [6, 6.07) is 0. The van der Waals surface area contributed by atoms with E-state index in [1.54, 1.807) is 0 Å². The van der Waals surface area contributed by atoms with Gasteiger partial charge in [-0.15, -0.1) is 0 Å². The summed E-state index contributed by atoms with van der Waals surface area (Å²) in [5, 5.41) is 19.4. The van der Waals surface area contributed by atoms with Crippen LogP contribution in [0.4, 0.5) is 0 Å². The van der Waals surface area contributed by atoms with Gasteiger partial charge >= 0.3 is 0 Å². The lowest BCUT2D eigenvalue weighted by Crippen LogP contribution is -2.32. The van der Waals surface area contributed by atoms with Crippen molar-refractivity contribution in [2.45, 2.75) is 90.3 Å². The third-order valence-corrected chi connectivity index (χ3v) is 3.32. The minimum atomic E-state index is -0.969. The van der Waals surface area contributed by atoms with E-state index in [1.807, 2.05) is 0 Å². The molecule has 0 heterocycles. The van der Waals surface area contributed by atoms with E-state index in [9.17, 15) is 15.0 Å². The summed E-state index contributed by atoms with van der Waals surface area (Å²) in [7, 11) is 0. The van der Waals surface area contributed by atoms with Gasteiger partial charge < -0.3 is 10.2 Å². The number of hydrogen-bond acceptors (Lipinski definition) is 3. The summed E-state index contributed by atoms with van der Waals surface area (Å²) in [6.07, 6.45) is 7.43. The van der Waals surface area contributed by atoms with Gasteiger partial charge in [-0.25, -0.2) is 0 Å². The molecule has 2 atom stereocenters. The molecule has 0 saturated heterocycles. The van der Waals surface area contributed by atoms with Crippen LogP contribution in [0.1, 0.15) is 78.1 Å². The highest BCUT2D eigenvalue weighted by atomic mass is 16.3. The molecule has 0 bridgehead atoms. The molecule has 18 heavy (non-hydrogen) atoms. The van der Waals surface area contributed by atoms with Crippen LogP contribution in [0.25, 0.3) is 0 Å². The average molecular weight is 258 g/mol. The maximum absolute atomic E-state index is 11.7. The van der Waals surface area contributed by atoms with E-state index in [0.29, 0.717) is 12.8 Å². The molecule has 0 fully saturated rings. The maximum atomic E-state index is 11.7. The van der Waals surface area contributed by atoms with Crippen molar-refractivity contribution in [3.05, 3.63) is 0 Å². The van der Waals surface area contributed by atoms with Crippen molar-refractivity contribution >= 4 is 5.78 Å². The quantitative estimate of drug-likeness (QED) is 0.528. The first kappa shape index (κ1) is 17.6. The van der Waals surface area contributed by atoms with Gasteiger partial charge in [-0.3, -0.25) is 4.79 Å². The number of carbonyl (C=O) groups is 1. The van der Waals surface area contributed by atoms with Crippen LogP contribution in [0.5, 0.6) is 0 Å². The summed E-state index contributed by atoms with van der Waals surface area (Å²) in [4.78, 5) is 11.7. The molecule has 0 spiro atoms. The molecule has 0 saturated carbocycles. The lowest BCUT2D eigenvalue weighted by molar-refractivity contribution is -0.136. The fourth-order valence-corrected chi connectivity index (χ4v) is 2.04. The minimum Gasteiger partial charge on any atom is -0.385 e. The Morgan fingerprint density at radius 2 is 1.17 bits per heavy atom. The van der Waals surface area contributed by atoms with Crippen molar-refractivity contribution < 1.29 is 15.0 Å². The number of hydrogen-bond donors (Lipinski definition) is 2. The van der Waals surface area contributed by atoms with Crippen molar-refractivity contribution in [3.8, 4) is 0 Å². The van der Waals surface area contributed by atoms with Gasteiger partial charge in [-0.2, -0.15) is 0 Å². The van der Waals surface area contributed by atoms with E-state index in [1.165, 1.54) is 0 Å². The van der Waals surface area contributed by atoms with Crippen molar-refractivity contribution in [1.82, 2.24) is 0 Å². The number of carbonyl (C=O) groups excluding carboxylic acids is 1. The zero-order valence-electron chi connectivity index (χ0n) is 12.0. The SMILES string of the molecule is CCCCCCC(O)C(=O)C(O)CCCCCC. The van der Waals surface area contributed by atoms with E-state index in [0.717, 1.165) is 51.4 Å². The van der Waals surface area contributed by atoms with Crippen LogP contribution in [-0.2, 0) is 4.79 Å². The van der Waals surface area contributed by atoms with Crippen LogP contribution >= 0.6 is 0 Å². The maximum Gasteiger partial charge on any atom is 0.189 e. The largest absolute Gasteiger partial charge is 0.385 e. The van der Waals surface area contributed by atoms with Gasteiger partial charge in [0.05, 0.1) is 0 Å². The molecule has 0 aliphatic rings. The Labute approximate surface area is 112 Å². The number of aliphatic hydroxyl groups is 2. The molecule has 0 aromatic carbocycles. The lowest BCUT2D eigenvalue weighted by atomic mass is 9.99. The summed E-state index contributed by atoms with van der Waals surface area (Å²) in [5.41, 5.74) is 0. The highest BCUT2D eigenvalue weighted by Crippen LogP contribution is 2.11. The van der Waals surface area contributed by atoms with Crippen molar-refractivity contribution in [2.75, 3.05) is 0 Å². The molecule has 2 unspecified atom stereocenters. The Morgan fingerprint density at radius 1 is 0.778 bits per heavy atom. The predicted molar refractivity (Wildman–Crippen MR) is 74.5 cm³/mol. The molecule has 108 valence electrons. The van der Waals surface area contributed by atoms with Gasteiger partial charge in [0, 0.05) is 0 Å². The first-order valence-electron chi connectivity index (χ1n) is 7.53. The molecule has 3 heteroatoms. The van der Waals surface area contributed by atoms with E-state index >= 15 is 0 Å². The van der Waals surface area contributed by atoms with Crippen LogP contribution < -0.4 is 0 Å². The van der Waals surface area contributed by atoms with E-state index in [2.05, 4.69) is 13.8 Å². The molecular weight excluding hydrogens is 228 g/mol. The summed E-state index contributed by atoms with van der Waals surface area (Å²) >= 11 is 0. The van der Waals surface area contributed by atoms with Gasteiger partial charge in [0.15, 0.2) is 5.78 Å². The van der Waals surface area contributed by atoms with Gasteiger partial charge in [-0.1, -0.05) is 65.2 Å². The standard InChI is InChI=1S/C15H30O3/c1-3-5-7-9-11-13(16)15(18)14(17)12-10-8-6-4-2/h13-14,16-17H,3-12H2,1-2H3. The molecule has 0 aliphatic carbocycles. The molecule has 0 radical (unpaired) electrons. The summed E-state index contributed by atoms with van der Waals surface area (Å²) in [5.74, 6) is -0.386. The average Bonchev–Trinajstić information content (AvgIpc) is 2.38. The van der Waals surface area contributed by atoms with E-state index in [4.69, 9.17) is 0 Å². The first-order chi connectivity index (χ1) is 8.63. The number of Topliss-reactive ketones (excluding diaryl/α,β-unsaturated/α-hetero) is 1. The van der Waals surface area contributed by atoms with Crippen LogP contribution in [0.2, 0.25) is 0 Å². The Balaban J connectivity index is 3.68. The van der Waals surface area contributed by atoms with Gasteiger partial charge in [-0.05, 0) is 12.8 Å². The summed E-state index contributed by atoms with van der Waals surface area (Å²) < 4.78 is 0. The molecule has 0 rings (SSSR count). The molecular formula is C15H30O3. The zero-order valence-corrected chi connectivity index (χ0v) is 12.0. The smallest absolute Gasteiger partial charge is 0.189 e. The predicted octanol–water partition coefficient (Wildman–Crippen LogP) is 3.22. The Kier molecular flexibility index (Phi) is 11.4. The van der Waals surface area contributed by atoms with E-state index in [-0.39, 0.29) is 5.78 Å². The highest BCUT2D eigenvalue weighted by Gasteiger charge is 2.22. The van der Waals surface area contributed by atoms with E-state index < -0.39 is 12.2 Å². The zero-order chi connectivity index (χ0) is 13.8. The van der Waals surface area contributed by atoms with Gasteiger partial charge in [0.25, 0.3) is 0 Å². The van der Waals surface area contributed by atoms with Gasteiger partial charge in [0.1, 0.15) is 12.2 Å². The van der Waals surface area contributed by atoms with Crippen molar-refractivity contribution in [3.63, 3.8) is 0 Å². The topological polar surface area (TPSA) is 57.5 Å². The Morgan fingerprint density at radius 3 is 1.50 bits per heavy atom.